The topological polar surface area (TPSA) is 40.5 Å². The third-order valence-corrected chi connectivity index (χ3v) is 4.92. The summed E-state index contributed by atoms with van der Waals surface area (Å²) in [7, 11) is 0. The van der Waals surface area contributed by atoms with Crippen molar-refractivity contribution in [2.24, 2.45) is 0 Å². The molecule has 1 N–H and O–H groups in total. The van der Waals surface area contributed by atoms with Gasteiger partial charge >= 0.3 is 0 Å². The van der Waals surface area contributed by atoms with Crippen molar-refractivity contribution in [1.29, 1.82) is 0 Å². The van der Waals surface area contributed by atoms with Gasteiger partial charge in [-0.3, -0.25) is 4.79 Å². The first-order valence-electron chi connectivity index (χ1n) is 7.18. The summed E-state index contributed by atoms with van der Waals surface area (Å²) in [5.74, 6) is 5.69. The Labute approximate surface area is 124 Å². The highest BCUT2D eigenvalue weighted by molar-refractivity contribution is 7.14. The fourth-order valence-electron chi connectivity index (χ4n) is 2.76. The predicted molar refractivity (Wildman–Crippen MR) is 82.0 cm³/mol. The molecule has 0 atom stereocenters. The Morgan fingerprint density at radius 2 is 2.20 bits per heavy atom. The van der Waals surface area contributed by atoms with Crippen molar-refractivity contribution < 1.29 is 9.90 Å². The molecular weight excluding hydrogens is 270 g/mol. The lowest BCUT2D eigenvalue weighted by Gasteiger charge is -2.27. The summed E-state index contributed by atoms with van der Waals surface area (Å²) in [6, 6.07) is 2.33. The second kappa shape index (κ2) is 6.92. The number of carbonyl (C=O) groups excluding carboxylic acids is 1. The first-order chi connectivity index (χ1) is 9.67. The molecular formula is C16H21NO2S. The van der Waals surface area contributed by atoms with Crippen LogP contribution in [-0.4, -0.2) is 35.1 Å². The standard InChI is InChI=1S/C16H21NO2S/c1-3-17(13-7-4-5-8-13)16(19)15-11-12(2)14(20-15)9-6-10-18/h11,13,18H,3-5,7-8,10H2,1-2H3. The second-order valence-corrected chi connectivity index (χ2v) is 6.16. The summed E-state index contributed by atoms with van der Waals surface area (Å²) < 4.78 is 0. The number of rotatable bonds is 3. The molecule has 1 heterocycles. The van der Waals surface area contributed by atoms with Gasteiger partial charge in [0, 0.05) is 12.6 Å². The van der Waals surface area contributed by atoms with Crippen molar-refractivity contribution >= 4 is 17.2 Å². The maximum absolute atomic E-state index is 12.6. The second-order valence-electron chi connectivity index (χ2n) is 5.11. The summed E-state index contributed by atoms with van der Waals surface area (Å²) in [5, 5.41) is 8.76. The van der Waals surface area contributed by atoms with Gasteiger partial charge in [0.05, 0.1) is 9.75 Å². The van der Waals surface area contributed by atoms with Crippen LogP contribution < -0.4 is 0 Å². The van der Waals surface area contributed by atoms with E-state index in [1.54, 1.807) is 0 Å². The zero-order chi connectivity index (χ0) is 14.5. The minimum atomic E-state index is -0.149. The molecule has 1 aliphatic rings. The lowest BCUT2D eigenvalue weighted by Crippen LogP contribution is -2.38. The summed E-state index contributed by atoms with van der Waals surface area (Å²) >= 11 is 1.43. The molecule has 0 aliphatic heterocycles. The van der Waals surface area contributed by atoms with E-state index in [-0.39, 0.29) is 12.5 Å². The van der Waals surface area contributed by atoms with Crippen LogP contribution in [0.5, 0.6) is 0 Å². The Bertz CT molecular complexity index is 532. The molecule has 1 amide bonds. The lowest BCUT2D eigenvalue weighted by atomic mass is 10.2. The van der Waals surface area contributed by atoms with Crippen LogP contribution in [0, 0.1) is 18.8 Å². The highest BCUT2D eigenvalue weighted by atomic mass is 32.1. The summed E-state index contributed by atoms with van der Waals surface area (Å²) in [6.07, 6.45) is 4.71. The molecule has 1 aromatic heterocycles. The van der Waals surface area contributed by atoms with Crippen LogP contribution in [0.15, 0.2) is 6.07 Å². The van der Waals surface area contributed by atoms with Gasteiger partial charge in [-0.25, -0.2) is 0 Å². The summed E-state index contributed by atoms with van der Waals surface area (Å²) in [5.41, 5.74) is 1.02. The molecule has 4 heteroatoms. The predicted octanol–water partition coefficient (Wildman–Crippen LogP) is 2.81. The largest absolute Gasteiger partial charge is 0.384 e. The van der Waals surface area contributed by atoms with Crippen LogP contribution in [0.3, 0.4) is 0 Å². The molecule has 1 aliphatic carbocycles. The number of amides is 1. The van der Waals surface area contributed by atoms with E-state index in [1.807, 2.05) is 24.8 Å². The van der Waals surface area contributed by atoms with Crippen molar-refractivity contribution in [3.05, 3.63) is 21.4 Å². The van der Waals surface area contributed by atoms with E-state index in [9.17, 15) is 4.79 Å². The van der Waals surface area contributed by atoms with Crippen molar-refractivity contribution in [3.8, 4) is 11.8 Å². The molecule has 1 aromatic rings. The van der Waals surface area contributed by atoms with Gasteiger partial charge in [-0.15, -0.1) is 11.3 Å². The normalized spacial score (nSPS) is 14.9. The molecule has 3 nitrogen and oxygen atoms in total. The van der Waals surface area contributed by atoms with Gasteiger partial charge in [0.2, 0.25) is 0 Å². The number of aliphatic hydroxyl groups is 1. The van der Waals surface area contributed by atoms with E-state index in [4.69, 9.17) is 5.11 Å². The minimum Gasteiger partial charge on any atom is -0.384 e. The van der Waals surface area contributed by atoms with Gasteiger partial charge in [0.25, 0.3) is 5.91 Å². The molecule has 0 bridgehead atoms. The number of thiophene rings is 1. The van der Waals surface area contributed by atoms with Crippen LogP contribution in [0.1, 0.15) is 52.7 Å². The molecule has 0 spiro atoms. The number of hydrogen-bond donors (Lipinski definition) is 1. The molecule has 0 saturated heterocycles. The zero-order valence-corrected chi connectivity index (χ0v) is 12.9. The smallest absolute Gasteiger partial charge is 0.264 e. The van der Waals surface area contributed by atoms with Crippen LogP contribution in [-0.2, 0) is 0 Å². The molecule has 0 unspecified atom stereocenters. The van der Waals surface area contributed by atoms with Crippen molar-refractivity contribution in [2.45, 2.75) is 45.6 Å². The van der Waals surface area contributed by atoms with Crippen LogP contribution in [0.2, 0.25) is 0 Å². The van der Waals surface area contributed by atoms with Crippen LogP contribution in [0.25, 0.3) is 0 Å². The van der Waals surface area contributed by atoms with Crippen molar-refractivity contribution in [3.63, 3.8) is 0 Å². The third-order valence-electron chi connectivity index (χ3n) is 3.78. The summed E-state index contributed by atoms with van der Waals surface area (Å²) in [6.45, 7) is 4.62. The Hall–Kier alpha value is -1.31. The number of nitrogens with zero attached hydrogens (tertiary/aromatic N) is 1. The first kappa shape index (κ1) is 15.1. The zero-order valence-electron chi connectivity index (χ0n) is 12.1. The Morgan fingerprint density at radius 1 is 1.50 bits per heavy atom. The fourth-order valence-corrected chi connectivity index (χ4v) is 3.76. The first-order valence-corrected chi connectivity index (χ1v) is 8.00. The molecule has 0 radical (unpaired) electrons. The average Bonchev–Trinajstić information content (AvgIpc) is 3.07. The highest BCUT2D eigenvalue weighted by Gasteiger charge is 2.27. The lowest BCUT2D eigenvalue weighted by molar-refractivity contribution is 0.0698. The minimum absolute atomic E-state index is 0.129. The number of aliphatic hydroxyl groups excluding tert-OH is 1. The number of hydrogen-bond acceptors (Lipinski definition) is 3. The van der Waals surface area contributed by atoms with Crippen molar-refractivity contribution in [2.75, 3.05) is 13.2 Å². The maximum Gasteiger partial charge on any atom is 0.264 e. The van der Waals surface area contributed by atoms with Gasteiger partial charge in [0.1, 0.15) is 6.61 Å². The van der Waals surface area contributed by atoms with Gasteiger partial charge in [-0.05, 0) is 38.3 Å². The van der Waals surface area contributed by atoms with Crippen LogP contribution in [0.4, 0.5) is 0 Å². The van der Waals surface area contributed by atoms with Crippen LogP contribution >= 0.6 is 11.3 Å². The Kier molecular flexibility index (Phi) is 5.22. The Morgan fingerprint density at radius 3 is 2.80 bits per heavy atom. The van der Waals surface area contributed by atoms with Gasteiger partial charge in [-0.1, -0.05) is 24.7 Å². The number of carbonyl (C=O) groups is 1. The van der Waals surface area contributed by atoms with E-state index in [1.165, 1.54) is 24.2 Å². The van der Waals surface area contributed by atoms with Gasteiger partial charge in [-0.2, -0.15) is 0 Å². The summed E-state index contributed by atoms with van der Waals surface area (Å²) in [4.78, 5) is 16.3. The monoisotopic (exact) mass is 291 g/mol. The van der Waals surface area contributed by atoms with E-state index < -0.39 is 0 Å². The molecule has 1 fully saturated rings. The fraction of sp³-hybridized carbons (Fsp3) is 0.562. The van der Waals surface area contributed by atoms with Gasteiger partial charge < -0.3 is 10.0 Å². The molecule has 0 aromatic carbocycles. The van der Waals surface area contributed by atoms with E-state index in [0.29, 0.717) is 6.04 Å². The van der Waals surface area contributed by atoms with E-state index in [2.05, 4.69) is 11.8 Å². The molecule has 20 heavy (non-hydrogen) atoms. The SMILES string of the molecule is CCN(C(=O)c1cc(C)c(C#CCO)s1)C1CCCC1. The van der Waals surface area contributed by atoms with E-state index >= 15 is 0 Å². The van der Waals surface area contributed by atoms with Crippen molar-refractivity contribution in [1.82, 2.24) is 4.90 Å². The Balaban J connectivity index is 2.19. The third kappa shape index (κ3) is 3.23. The molecule has 1 saturated carbocycles. The molecule has 108 valence electrons. The van der Waals surface area contributed by atoms with E-state index in [0.717, 1.165) is 34.7 Å². The highest BCUT2D eigenvalue weighted by Crippen LogP contribution is 2.28. The number of aryl methyl sites for hydroxylation is 1. The molecule has 2 rings (SSSR count). The quantitative estimate of drug-likeness (QED) is 0.870. The van der Waals surface area contributed by atoms with Gasteiger partial charge in [0.15, 0.2) is 0 Å². The maximum atomic E-state index is 12.6. The average molecular weight is 291 g/mol.